The van der Waals surface area contributed by atoms with E-state index >= 15 is 0 Å². The first-order chi connectivity index (χ1) is 20.1. The molecule has 2 aliphatic heterocycles. The molecular formula is C33H42N4O4. The molecule has 0 radical (unpaired) electrons. The van der Waals surface area contributed by atoms with E-state index in [1.54, 1.807) is 0 Å². The van der Waals surface area contributed by atoms with Gasteiger partial charge in [-0.1, -0.05) is 78.9 Å². The molecule has 3 atom stereocenters. The minimum atomic E-state index is -0.485. The molecule has 5 rings (SSSR count). The van der Waals surface area contributed by atoms with E-state index in [0.717, 1.165) is 67.9 Å². The van der Waals surface area contributed by atoms with E-state index < -0.39 is 6.29 Å². The number of aliphatic hydroxyl groups is 1. The molecule has 8 heteroatoms. The van der Waals surface area contributed by atoms with E-state index in [1.165, 1.54) is 5.56 Å². The van der Waals surface area contributed by atoms with E-state index in [2.05, 4.69) is 50.8 Å². The van der Waals surface area contributed by atoms with Crippen molar-refractivity contribution in [3.63, 3.8) is 0 Å². The van der Waals surface area contributed by atoms with Gasteiger partial charge in [-0.2, -0.15) is 0 Å². The van der Waals surface area contributed by atoms with Crippen molar-refractivity contribution in [2.24, 2.45) is 0 Å². The van der Waals surface area contributed by atoms with Gasteiger partial charge in [0.25, 0.3) is 0 Å². The Balaban J connectivity index is 1.22. The molecule has 0 bridgehead atoms. The van der Waals surface area contributed by atoms with E-state index in [1.807, 2.05) is 55.5 Å². The van der Waals surface area contributed by atoms with Crippen LogP contribution in [0.25, 0.3) is 0 Å². The predicted molar refractivity (Wildman–Crippen MR) is 159 cm³/mol. The molecule has 2 fully saturated rings. The standard InChI is InChI=1S/C33H42N4O4/c1-2-34-33(39)35-21-25-8-14-29(15-9-25)32-40-30(20-31(41-32)28-12-10-27(24-38)11-13-28)23-37-18-16-36(17-19-37)22-26-6-4-3-5-7-26/h3-15,30-32,38H,2,16-24H2,1H3,(H2,34,35,39). The summed E-state index contributed by atoms with van der Waals surface area (Å²) in [6, 6.07) is 26.6. The van der Waals surface area contributed by atoms with Crippen LogP contribution in [0.5, 0.6) is 0 Å². The number of amides is 2. The normalized spacial score (nSPS) is 21.9. The average molecular weight is 559 g/mol. The Morgan fingerprint density at radius 2 is 1.46 bits per heavy atom. The average Bonchev–Trinajstić information content (AvgIpc) is 3.02. The summed E-state index contributed by atoms with van der Waals surface area (Å²) >= 11 is 0. The Kier molecular flexibility index (Phi) is 10.4. The SMILES string of the molecule is CCNC(=O)NCc1ccc(C2OC(CN3CCN(Cc4ccccc4)CC3)CC(c3ccc(CO)cc3)O2)cc1. The van der Waals surface area contributed by atoms with Crippen LogP contribution in [0.2, 0.25) is 0 Å². The number of carbonyl (C=O) groups is 1. The lowest BCUT2D eigenvalue weighted by Crippen LogP contribution is -2.49. The van der Waals surface area contributed by atoms with Crippen LogP contribution in [-0.4, -0.2) is 66.3 Å². The third kappa shape index (κ3) is 8.38. The second kappa shape index (κ2) is 14.6. The van der Waals surface area contributed by atoms with Crippen LogP contribution in [0, 0.1) is 0 Å². The van der Waals surface area contributed by atoms with Crippen LogP contribution in [-0.2, 0) is 29.2 Å². The first-order valence-corrected chi connectivity index (χ1v) is 14.7. The van der Waals surface area contributed by atoms with Crippen LogP contribution in [0.3, 0.4) is 0 Å². The lowest BCUT2D eigenvalue weighted by molar-refractivity contribution is -0.253. The van der Waals surface area contributed by atoms with Gasteiger partial charge in [-0.25, -0.2) is 4.79 Å². The minimum absolute atomic E-state index is 0.0241. The lowest BCUT2D eigenvalue weighted by Gasteiger charge is -2.40. The Morgan fingerprint density at radius 1 is 0.805 bits per heavy atom. The topological polar surface area (TPSA) is 86.3 Å². The van der Waals surface area contributed by atoms with Gasteiger partial charge in [0.1, 0.15) is 0 Å². The summed E-state index contributed by atoms with van der Waals surface area (Å²) in [5.41, 5.74) is 5.31. The highest BCUT2D eigenvalue weighted by Crippen LogP contribution is 2.38. The van der Waals surface area contributed by atoms with Gasteiger partial charge >= 0.3 is 6.03 Å². The van der Waals surface area contributed by atoms with Crippen LogP contribution in [0.4, 0.5) is 4.79 Å². The number of urea groups is 1. The maximum atomic E-state index is 11.8. The molecule has 0 aromatic heterocycles. The summed E-state index contributed by atoms with van der Waals surface area (Å²) in [5.74, 6) is 0. The maximum Gasteiger partial charge on any atom is 0.315 e. The first-order valence-electron chi connectivity index (χ1n) is 14.7. The van der Waals surface area contributed by atoms with Gasteiger partial charge in [-0.05, 0) is 29.2 Å². The Hall–Kier alpha value is -3.27. The fourth-order valence-corrected chi connectivity index (χ4v) is 5.49. The van der Waals surface area contributed by atoms with E-state index in [-0.39, 0.29) is 24.8 Å². The third-order valence-corrected chi connectivity index (χ3v) is 7.83. The maximum absolute atomic E-state index is 11.8. The zero-order valence-corrected chi connectivity index (χ0v) is 23.9. The van der Waals surface area contributed by atoms with Crippen LogP contribution >= 0.6 is 0 Å². The Bertz CT molecular complexity index is 1210. The molecule has 2 saturated heterocycles. The van der Waals surface area contributed by atoms with Gasteiger partial charge in [0.05, 0.1) is 18.8 Å². The molecule has 2 aliphatic rings. The van der Waals surface area contributed by atoms with Crippen molar-refractivity contribution < 1.29 is 19.4 Å². The van der Waals surface area contributed by atoms with Crippen LogP contribution in [0.1, 0.15) is 53.6 Å². The van der Waals surface area contributed by atoms with Crippen molar-refractivity contribution in [1.29, 1.82) is 0 Å². The number of hydrogen-bond donors (Lipinski definition) is 3. The minimum Gasteiger partial charge on any atom is -0.392 e. The third-order valence-electron chi connectivity index (χ3n) is 7.83. The van der Waals surface area contributed by atoms with E-state index in [4.69, 9.17) is 9.47 Å². The zero-order chi connectivity index (χ0) is 28.4. The van der Waals surface area contributed by atoms with Crippen molar-refractivity contribution in [2.75, 3.05) is 39.3 Å². The lowest BCUT2D eigenvalue weighted by atomic mass is 9.99. The number of nitrogens with one attached hydrogen (secondary N) is 2. The molecule has 2 heterocycles. The van der Waals surface area contributed by atoms with Crippen LogP contribution in [0.15, 0.2) is 78.9 Å². The van der Waals surface area contributed by atoms with Crippen molar-refractivity contribution in [3.05, 3.63) is 107 Å². The molecule has 3 N–H and O–H groups in total. The largest absolute Gasteiger partial charge is 0.392 e. The van der Waals surface area contributed by atoms with Gasteiger partial charge in [-0.15, -0.1) is 0 Å². The zero-order valence-electron chi connectivity index (χ0n) is 23.9. The van der Waals surface area contributed by atoms with Gasteiger partial charge < -0.3 is 25.2 Å². The fraction of sp³-hybridized carbons (Fsp3) is 0.424. The molecule has 2 amide bonds. The van der Waals surface area contributed by atoms with Gasteiger partial charge in [0, 0.05) is 64.3 Å². The number of nitrogens with zero attached hydrogens (tertiary/aromatic N) is 2. The number of benzene rings is 3. The molecule has 3 unspecified atom stereocenters. The smallest absolute Gasteiger partial charge is 0.315 e. The number of aliphatic hydroxyl groups excluding tert-OH is 1. The second-order valence-corrected chi connectivity index (χ2v) is 10.9. The summed E-state index contributed by atoms with van der Waals surface area (Å²) < 4.78 is 13.1. The molecule has 0 aliphatic carbocycles. The Morgan fingerprint density at radius 3 is 2.15 bits per heavy atom. The molecule has 0 saturated carbocycles. The summed E-state index contributed by atoms with van der Waals surface area (Å²) in [6.07, 6.45) is 0.204. The number of ether oxygens (including phenoxy) is 2. The molecular weight excluding hydrogens is 516 g/mol. The van der Waals surface area contributed by atoms with Crippen molar-refractivity contribution in [1.82, 2.24) is 20.4 Å². The molecule has 3 aromatic rings. The summed E-state index contributed by atoms with van der Waals surface area (Å²) in [4.78, 5) is 16.8. The van der Waals surface area contributed by atoms with E-state index in [9.17, 15) is 9.90 Å². The van der Waals surface area contributed by atoms with Crippen molar-refractivity contribution in [2.45, 2.75) is 51.5 Å². The van der Waals surface area contributed by atoms with Crippen molar-refractivity contribution >= 4 is 6.03 Å². The Labute approximate surface area is 243 Å². The number of hydrogen-bond acceptors (Lipinski definition) is 6. The molecule has 41 heavy (non-hydrogen) atoms. The number of rotatable bonds is 10. The number of piperazine rings is 1. The first kappa shape index (κ1) is 29.2. The molecule has 0 spiro atoms. The van der Waals surface area contributed by atoms with Gasteiger partial charge in [0.15, 0.2) is 6.29 Å². The quantitative estimate of drug-likeness (QED) is 0.343. The molecule has 218 valence electrons. The van der Waals surface area contributed by atoms with Gasteiger partial charge in [-0.3, -0.25) is 9.80 Å². The highest BCUT2D eigenvalue weighted by Gasteiger charge is 2.33. The fourth-order valence-electron chi connectivity index (χ4n) is 5.49. The van der Waals surface area contributed by atoms with Gasteiger partial charge in [0.2, 0.25) is 0 Å². The predicted octanol–water partition coefficient (Wildman–Crippen LogP) is 4.36. The summed E-state index contributed by atoms with van der Waals surface area (Å²) in [6.45, 7) is 8.93. The number of carbonyl (C=O) groups excluding carboxylic acids is 1. The molecule has 8 nitrogen and oxygen atoms in total. The van der Waals surface area contributed by atoms with E-state index in [0.29, 0.717) is 13.1 Å². The second-order valence-electron chi connectivity index (χ2n) is 10.9. The highest BCUT2D eigenvalue weighted by atomic mass is 16.7. The van der Waals surface area contributed by atoms with Crippen LogP contribution < -0.4 is 10.6 Å². The van der Waals surface area contributed by atoms with Crippen molar-refractivity contribution in [3.8, 4) is 0 Å². The summed E-state index contributed by atoms with van der Waals surface area (Å²) in [5, 5.41) is 15.1. The summed E-state index contributed by atoms with van der Waals surface area (Å²) in [7, 11) is 0. The molecule has 3 aromatic carbocycles. The highest BCUT2D eigenvalue weighted by molar-refractivity contribution is 5.73. The monoisotopic (exact) mass is 558 g/mol.